The number of carbonyl (C=O) groups excluding carboxylic acids is 3. The van der Waals surface area contributed by atoms with Gasteiger partial charge < -0.3 is 19.1 Å². The van der Waals surface area contributed by atoms with E-state index in [4.69, 9.17) is 14.2 Å². The number of para-hydroxylation sites is 2. The Labute approximate surface area is 220 Å². The smallest absolute Gasteiger partial charge is 0.240 e. The first-order valence-corrected chi connectivity index (χ1v) is 12.3. The SMILES string of the molecule is COc1ccc(C(=O)[C@@H]2[C@@H]3C(=O)N(c4ccccc4OC)C(=O)[C@H]3[C@@H]3c4ccccc4C=CN23)cc1OC. The molecule has 38 heavy (non-hydrogen) atoms. The Bertz CT molecular complexity index is 1500. The van der Waals surface area contributed by atoms with Crippen LogP contribution < -0.4 is 19.1 Å². The summed E-state index contributed by atoms with van der Waals surface area (Å²) in [5, 5.41) is 0. The Morgan fingerprint density at radius 3 is 2.21 bits per heavy atom. The third kappa shape index (κ3) is 3.33. The molecule has 3 aliphatic heterocycles. The zero-order chi connectivity index (χ0) is 26.6. The lowest BCUT2D eigenvalue weighted by Crippen LogP contribution is -2.44. The summed E-state index contributed by atoms with van der Waals surface area (Å²) in [6.07, 6.45) is 3.76. The summed E-state index contributed by atoms with van der Waals surface area (Å²) in [6.45, 7) is 0. The monoisotopic (exact) mass is 510 g/mol. The Hall–Kier alpha value is -4.59. The van der Waals surface area contributed by atoms with E-state index in [-0.39, 0.29) is 11.7 Å². The van der Waals surface area contributed by atoms with Crippen molar-refractivity contribution in [3.8, 4) is 17.2 Å². The maximum Gasteiger partial charge on any atom is 0.240 e. The summed E-state index contributed by atoms with van der Waals surface area (Å²) in [5.74, 6) is -1.33. The average molecular weight is 511 g/mol. The van der Waals surface area contributed by atoms with Crippen LogP contribution in [0.5, 0.6) is 17.2 Å². The Kier molecular flexibility index (Phi) is 5.67. The van der Waals surface area contributed by atoms with Gasteiger partial charge >= 0.3 is 0 Å². The quantitative estimate of drug-likeness (QED) is 0.364. The van der Waals surface area contributed by atoms with Crippen molar-refractivity contribution in [1.82, 2.24) is 4.90 Å². The van der Waals surface area contributed by atoms with Gasteiger partial charge in [0.2, 0.25) is 11.8 Å². The first-order valence-electron chi connectivity index (χ1n) is 12.3. The fourth-order valence-corrected chi connectivity index (χ4v) is 6.07. The zero-order valence-corrected chi connectivity index (χ0v) is 21.2. The topological polar surface area (TPSA) is 85.4 Å². The molecule has 8 nitrogen and oxygen atoms in total. The fourth-order valence-electron chi connectivity index (χ4n) is 6.07. The minimum Gasteiger partial charge on any atom is -0.495 e. The third-order valence-electron chi connectivity index (χ3n) is 7.72. The molecule has 0 aliphatic carbocycles. The Morgan fingerprint density at radius 2 is 1.45 bits per heavy atom. The normalized spacial score (nSPS) is 23.1. The number of ketones is 1. The number of ether oxygens (including phenoxy) is 3. The number of rotatable bonds is 6. The van der Waals surface area contributed by atoms with Crippen LogP contribution >= 0.6 is 0 Å². The maximum absolute atomic E-state index is 14.2. The van der Waals surface area contributed by atoms with Crippen molar-refractivity contribution in [2.24, 2.45) is 11.8 Å². The van der Waals surface area contributed by atoms with Crippen molar-refractivity contribution in [3.63, 3.8) is 0 Å². The second kappa shape index (κ2) is 9.06. The van der Waals surface area contributed by atoms with Gasteiger partial charge in [0.15, 0.2) is 17.3 Å². The summed E-state index contributed by atoms with van der Waals surface area (Å²) in [5.41, 5.74) is 2.62. The number of amides is 2. The molecule has 4 atom stereocenters. The number of hydrogen-bond acceptors (Lipinski definition) is 7. The van der Waals surface area contributed by atoms with Crippen LogP contribution in [0, 0.1) is 11.8 Å². The van der Waals surface area contributed by atoms with Crippen LogP contribution in [-0.4, -0.2) is 49.9 Å². The molecule has 192 valence electrons. The van der Waals surface area contributed by atoms with Gasteiger partial charge in [-0.05, 0) is 47.5 Å². The minimum atomic E-state index is -0.885. The zero-order valence-electron chi connectivity index (χ0n) is 21.2. The minimum absolute atomic E-state index is 0.268. The highest BCUT2D eigenvalue weighted by atomic mass is 16.5. The molecular weight excluding hydrogens is 484 g/mol. The number of benzene rings is 3. The molecule has 0 unspecified atom stereocenters. The second-order valence-corrected chi connectivity index (χ2v) is 9.45. The van der Waals surface area contributed by atoms with Gasteiger partial charge in [0.25, 0.3) is 0 Å². The number of carbonyl (C=O) groups is 3. The van der Waals surface area contributed by atoms with E-state index < -0.39 is 29.8 Å². The fraction of sp³-hybridized carbons (Fsp3) is 0.233. The van der Waals surface area contributed by atoms with Gasteiger partial charge in [-0.1, -0.05) is 36.4 Å². The van der Waals surface area contributed by atoms with Crippen LogP contribution in [0.3, 0.4) is 0 Å². The largest absolute Gasteiger partial charge is 0.495 e. The third-order valence-corrected chi connectivity index (χ3v) is 7.72. The van der Waals surface area contributed by atoms with E-state index in [2.05, 4.69) is 0 Å². The second-order valence-electron chi connectivity index (χ2n) is 9.45. The molecule has 0 aromatic heterocycles. The molecule has 0 spiro atoms. The molecule has 2 fully saturated rings. The van der Waals surface area contributed by atoms with E-state index in [0.29, 0.717) is 28.5 Å². The van der Waals surface area contributed by atoms with E-state index >= 15 is 0 Å². The molecule has 2 saturated heterocycles. The lowest BCUT2D eigenvalue weighted by molar-refractivity contribution is -0.123. The van der Waals surface area contributed by atoms with Crippen molar-refractivity contribution < 1.29 is 28.6 Å². The number of imide groups is 1. The summed E-state index contributed by atoms with van der Waals surface area (Å²) in [6, 6.07) is 18.3. The van der Waals surface area contributed by atoms with E-state index in [1.165, 1.54) is 26.2 Å². The highest BCUT2D eigenvalue weighted by Gasteiger charge is 2.64. The number of anilines is 1. The van der Waals surface area contributed by atoms with Gasteiger partial charge in [-0.2, -0.15) is 0 Å². The maximum atomic E-state index is 14.2. The van der Waals surface area contributed by atoms with Crippen LogP contribution in [0.4, 0.5) is 5.69 Å². The van der Waals surface area contributed by atoms with Gasteiger partial charge in [0.1, 0.15) is 11.8 Å². The molecule has 3 aromatic carbocycles. The summed E-state index contributed by atoms with van der Waals surface area (Å²) >= 11 is 0. The molecule has 0 saturated carbocycles. The number of hydrogen-bond donors (Lipinski definition) is 0. The molecule has 0 N–H and O–H groups in total. The van der Waals surface area contributed by atoms with Crippen molar-refractivity contribution in [1.29, 1.82) is 0 Å². The van der Waals surface area contributed by atoms with Crippen LogP contribution in [-0.2, 0) is 9.59 Å². The summed E-state index contributed by atoms with van der Waals surface area (Å²) in [4.78, 5) is 45.4. The molecule has 8 heteroatoms. The average Bonchev–Trinajstić information content (AvgIpc) is 3.44. The predicted octanol–water partition coefficient (Wildman–Crippen LogP) is 4.11. The van der Waals surface area contributed by atoms with Crippen molar-refractivity contribution >= 4 is 29.4 Å². The Balaban J connectivity index is 1.49. The van der Waals surface area contributed by atoms with E-state index in [9.17, 15) is 14.4 Å². The first kappa shape index (κ1) is 23.8. The van der Waals surface area contributed by atoms with Gasteiger partial charge in [-0.25, -0.2) is 4.90 Å². The van der Waals surface area contributed by atoms with Gasteiger partial charge in [0, 0.05) is 11.8 Å². The molecule has 2 amide bonds. The predicted molar refractivity (Wildman–Crippen MR) is 140 cm³/mol. The lowest BCUT2D eigenvalue weighted by atomic mass is 9.83. The van der Waals surface area contributed by atoms with Crippen LogP contribution in [0.2, 0.25) is 0 Å². The highest BCUT2D eigenvalue weighted by molar-refractivity contribution is 6.25. The summed E-state index contributed by atoms with van der Waals surface area (Å²) in [7, 11) is 4.52. The lowest BCUT2D eigenvalue weighted by Gasteiger charge is -2.35. The first-order chi connectivity index (χ1) is 18.5. The van der Waals surface area contributed by atoms with E-state index in [0.717, 1.165) is 11.1 Å². The number of nitrogens with zero attached hydrogens (tertiary/aromatic N) is 2. The molecule has 6 rings (SSSR count). The molecule has 3 aromatic rings. The van der Waals surface area contributed by atoms with Gasteiger partial charge in [0.05, 0.1) is 44.9 Å². The number of methoxy groups -OCH3 is 3. The van der Waals surface area contributed by atoms with Gasteiger partial charge in [-0.3, -0.25) is 14.4 Å². The molecule has 0 radical (unpaired) electrons. The van der Waals surface area contributed by atoms with E-state index in [1.54, 1.807) is 42.5 Å². The van der Waals surface area contributed by atoms with Crippen molar-refractivity contribution in [3.05, 3.63) is 89.6 Å². The van der Waals surface area contributed by atoms with Crippen LogP contribution in [0.1, 0.15) is 27.5 Å². The standard InChI is InChI=1S/C30H26N2O6/c1-36-21-11-7-6-10-20(21)32-29(34)24-25(30(32)35)27(28(33)18-12-13-22(37-2)23(16-18)38-3)31-15-14-17-8-4-5-9-19(17)26(24)31/h4-16,24-27H,1-3H3/t24-,25-,26+,27+/m1/s1. The Morgan fingerprint density at radius 1 is 0.763 bits per heavy atom. The molecule has 0 bridgehead atoms. The summed E-state index contributed by atoms with van der Waals surface area (Å²) < 4.78 is 16.2. The van der Waals surface area contributed by atoms with Crippen LogP contribution in [0.15, 0.2) is 72.9 Å². The molecule has 3 aliphatic rings. The number of fused-ring (bicyclic) bond motifs is 5. The van der Waals surface area contributed by atoms with Crippen molar-refractivity contribution in [2.75, 3.05) is 26.2 Å². The molecular formula is C30H26N2O6. The van der Waals surface area contributed by atoms with Gasteiger partial charge in [-0.15, -0.1) is 0 Å². The van der Waals surface area contributed by atoms with Crippen LogP contribution in [0.25, 0.3) is 6.08 Å². The van der Waals surface area contributed by atoms with E-state index in [1.807, 2.05) is 41.4 Å². The number of Topliss-reactive ketones (excluding diaryl/α,β-unsaturated/α-hetero) is 1. The van der Waals surface area contributed by atoms with Crippen molar-refractivity contribution in [2.45, 2.75) is 12.1 Å². The molecule has 3 heterocycles. The highest BCUT2D eigenvalue weighted by Crippen LogP contribution is 2.54.